The van der Waals surface area contributed by atoms with Crippen molar-refractivity contribution >= 4 is 28.5 Å². The molecule has 2 aromatic carbocycles. The molecule has 1 aliphatic heterocycles. The summed E-state index contributed by atoms with van der Waals surface area (Å²) in [5.41, 5.74) is 7.80. The van der Waals surface area contributed by atoms with Crippen molar-refractivity contribution in [3.8, 4) is 11.9 Å². The minimum Gasteiger partial charge on any atom is -0.481 e. The molecule has 3 aromatic rings. The molecule has 0 saturated carbocycles. The molecule has 0 aliphatic carbocycles. The summed E-state index contributed by atoms with van der Waals surface area (Å²) in [5.74, 6) is -2.27. The number of nitrogens with two attached hydrogens (primary N) is 1. The molecule has 2 N–H and O–H groups in total. The highest BCUT2D eigenvalue weighted by atomic mass is 16.5. The number of nitrogens with zero attached hydrogens (tertiary/aromatic N) is 3. The van der Waals surface area contributed by atoms with Crippen LogP contribution in [0.5, 0.6) is 5.88 Å². The third kappa shape index (κ3) is 3.91. The minimum absolute atomic E-state index is 0.0356. The maximum Gasteiger partial charge on any atom is 0.355 e. The molecule has 0 spiro atoms. The SMILES string of the molecule is COC(=O)C1=C(C(=O)OC)N(c2cccc3ccc(OC)nc23)C(N)=C(C#N)C1c1ccccc1. The summed E-state index contributed by atoms with van der Waals surface area (Å²) in [4.78, 5) is 32.2. The topological polar surface area (TPSA) is 128 Å². The van der Waals surface area contributed by atoms with Crippen LogP contribution < -0.4 is 15.4 Å². The number of ether oxygens (including phenoxy) is 3. The van der Waals surface area contributed by atoms with Crippen molar-refractivity contribution in [2.75, 3.05) is 26.2 Å². The van der Waals surface area contributed by atoms with E-state index in [2.05, 4.69) is 11.1 Å². The Kier molecular flexibility index (Phi) is 6.38. The van der Waals surface area contributed by atoms with Crippen LogP contribution in [0.2, 0.25) is 0 Å². The van der Waals surface area contributed by atoms with Crippen LogP contribution in [0.4, 0.5) is 5.69 Å². The highest BCUT2D eigenvalue weighted by Crippen LogP contribution is 2.44. The predicted molar refractivity (Wildman–Crippen MR) is 128 cm³/mol. The molecular weight excluding hydrogens is 448 g/mol. The van der Waals surface area contributed by atoms with Crippen molar-refractivity contribution < 1.29 is 23.8 Å². The van der Waals surface area contributed by atoms with Crippen LogP contribution in [0.3, 0.4) is 0 Å². The predicted octanol–water partition coefficient (Wildman–Crippen LogP) is 3.14. The van der Waals surface area contributed by atoms with Crippen molar-refractivity contribution in [3.05, 3.63) is 88.9 Å². The van der Waals surface area contributed by atoms with Gasteiger partial charge in [0.15, 0.2) is 0 Å². The molecule has 1 aromatic heterocycles. The average Bonchev–Trinajstić information content (AvgIpc) is 2.91. The lowest BCUT2D eigenvalue weighted by atomic mass is 9.81. The Balaban J connectivity index is 2.12. The first-order valence-corrected chi connectivity index (χ1v) is 10.6. The Morgan fingerprint density at radius 2 is 1.69 bits per heavy atom. The van der Waals surface area contributed by atoms with Crippen molar-refractivity contribution in [1.82, 2.24) is 4.98 Å². The second-order valence-electron chi connectivity index (χ2n) is 7.54. The van der Waals surface area contributed by atoms with Crippen LogP contribution in [0.25, 0.3) is 10.9 Å². The fourth-order valence-electron chi connectivity index (χ4n) is 4.17. The van der Waals surface area contributed by atoms with Gasteiger partial charge in [-0.2, -0.15) is 5.26 Å². The molecule has 0 saturated heterocycles. The van der Waals surface area contributed by atoms with Gasteiger partial charge in [-0.3, -0.25) is 4.90 Å². The van der Waals surface area contributed by atoms with Gasteiger partial charge in [0.05, 0.1) is 55.7 Å². The van der Waals surface area contributed by atoms with Crippen LogP contribution in [-0.2, 0) is 19.1 Å². The molecule has 1 aliphatic rings. The van der Waals surface area contributed by atoms with E-state index >= 15 is 0 Å². The van der Waals surface area contributed by atoms with Crippen molar-refractivity contribution in [2.45, 2.75) is 5.92 Å². The fraction of sp³-hybridized carbons (Fsp3) is 0.154. The second-order valence-corrected chi connectivity index (χ2v) is 7.54. The highest BCUT2D eigenvalue weighted by Gasteiger charge is 2.43. The number of fused-ring (bicyclic) bond motifs is 1. The van der Waals surface area contributed by atoms with Crippen LogP contribution in [0.1, 0.15) is 11.5 Å². The third-order valence-electron chi connectivity index (χ3n) is 5.73. The first kappa shape index (κ1) is 23.3. The van der Waals surface area contributed by atoms with E-state index in [1.54, 1.807) is 54.6 Å². The zero-order chi connectivity index (χ0) is 25.1. The molecule has 9 heteroatoms. The summed E-state index contributed by atoms with van der Waals surface area (Å²) < 4.78 is 15.4. The number of esters is 2. The maximum atomic E-state index is 13.2. The number of pyridine rings is 1. The van der Waals surface area contributed by atoms with Crippen LogP contribution >= 0.6 is 0 Å². The zero-order valence-corrected chi connectivity index (χ0v) is 19.3. The summed E-state index contributed by atoms with van der Waals surface area (Å²) in [6.07, 6.45) is 0. The number of anilines is 1. The smallest absolute Gasteiger partial charge is 0.355 e. The van der Waals surface area contributed by atoms with Crippen LogP contribution in [0.15, 0.2) is 83.3 Å². The summed E-state index contributed by atoms with van der Waals surface area (Å²) in [6.45, 7) is 0. The van der Waals surface area contributed by atoms with Crippen LogP contribution in [-0.4, -0.2) is 38.3 Å². The molecule has 0 fully saturated rings. The zero-order valence-electron chi connectivity index (χ0n) is 19.3. The van der Waals surface area contributed by atoms with E-state index in [0.29, 0.717) is 22.6 Å². The normalized spacial score (nSPS) is 15.6. The number of allylic oxidation sites excluding steroid dienone is 1. The molecule has 0 amide bonds. The molecule has 9 nitrogen and oxygen atoms in total. The third-order valence-corrected chi connectivity index (χ3v) is 5.73. The number of para-hydroxylation sites is 1. The van der Waals surface area contributed by atoms with Gasteiger partial charge in [-0.1, -0.05) is 42.5 Å². The Morgan fingerprint density at radius 1 is 0.971 bits per heavy atom. The molecule has 1 unspecified atom stereocenters. The van der Waals surface area contributed by atoms with Crippen molar-refractivity contribution in [1.29, 1.82) is 5.26 Å². The lowest BCUT2D eigenvalue weighted by Crippen LogP contribution is -2.40. The van der Waals surface area contributed by atoms with Gasteiger partial charge in [0, 0.05) is 11.5 Å². The molecule has 2 heterocycles. The van der Waals surface area contributed by atoms with Gasteiger partial charge in [0.25, 0.3) is 0 Å². The van der Waals surface area contributed by atoms with E-state index in [4.69, 9.17) is 19.9 Å². The number of benzene rings is 2. The van der Waals surface area contributed by atoms with Gasteiger partial charge >= 0.3 is 11.9 Å². The van der Waals surface area contributed by atoms with Gasteiger partial charge < -0.3 is 19.9 Å². The van der Waals surface area contributed by atoms with Crippen molar-refractivity contribution in [3.63, 3.8) is 0 Å². The lowest BCUT2D eigenvalue weighted by Gasteiger charge is -2.36. The number of rotatable bonds is 5. The number of hydrogen-bond donors (Lipinski definition) is 1. The van der Waals surface area contributed by atoms with E-state index in [1.165, 1.54) is 26.2 Å². The summed E-state index contributed by atoms with van der Waals surface area (Å²) in [7, 11) is 3.89. The molecule has 35 heavy (non-hydrogen) atoms. The highest BCUT2D eigenvalue weighted by molar-refractivity contribution is 6.08. The number of aromatic nitrogens is 1. The molecule has 0 radical (unpaired) electrons. The Bertz CT molecular complexity index is 1420. The molecule has 0 bridgehead atoms. The van der Waals surface area contributed by atoms with Gasteiger partial charge in [-0.25, -0.2) is 14.6 Å². The standard InChI is InChI=1S/C26H22N4O5/c1-33-19-13-12-16-10-7-11-18(22(16)29-19)30-23(26(32)35-3)21(25(31)34-2)20(17(14-27)24(30)28)15-8-5-4-6-9-15/h4-13,20H,28H2,1-3H3. The van der Waals surface area contributed by atoms with E-state index in [-0.39, 0.29) is 22.7 Å². The Morgan fingerprint density at radius 3 is 2.31 bits per heavy atom. The number of nitriles is 1. The minimum atomic E-state index is -0.948. The first-order valence-electron chi connectivity index (χ1n) is 10.6. The van der Waals surface area contributed by atoms with Crippen molar-refractivity contribution in [2.24, 2.45) is 5.73 Å². The Labute approximate surface area is 201 Å². The number of carbonyl (C=O) groups excluding carboxylic acids is 2. The first-order chi connectivity index (χ1) is 17.0. The maximum absolute atomic E-state index is 13.2. The van der Waals surface area contributed by atoms with E-state index < -0.39 is 17.9 Å². The number of hydrogen-bond acceptors (Lipinski definition) is 9. The second kappa shape index (κ2) is 9.57. The monoisotopic (exact) mass is 470 g/mol. The average molecular weight is 470 g/mol. The summed E-state index contributed by atoms with van der Waals surface area (Å²) >= 11 is 0. The lowest BCUT2D eigenvalue weighted by molar-refractivity contribution is -0.139. The molecular formula is C26H22N4O5. The van der Waals surface area contributed by atoms with Gasteiger partial charge in [0.2, 0.25) is 5.88 Å². The molecule has 176 valence electrons. The quantitative estimate of drug-likeness (QED) is 0.559. The van der Waals surface area contributed by atoms with Gasteiger partial charge in [0.1, 0.15) is 11.5 Å². The summed E-state index contributed by atoms with van der Waals surface area (Å²) in [6, 6.07) is 19.7. The van der Waals surface area contributed by atoms with E-state index in [1.807, 2.05) is 6.07 Å². The Hall–Kier alpha value is -4.84. The van der Waals surface area contributed by atoms with E-state index in [9.17, 15) is 14.9 Å². The fourth-order valence-corrected chi connectivity index (χ4v) is 4.17. The van der Waals surface area contributed by atoms with Gasteiger partial charge in [-0.05, 0) is 17.7 Å². The largest absolute Gasteiger partial charge is 0.481 e. The molecule has 1 atom stereocenters. The molecule has 4 rings (SSSR count). The number of methoxy groups -OCH3 is 3. The number of carbonyl (C=O) groups is 2. The van der Waals surface area contributed by atoms with E-state index in [0.717, 1.165) is 5.39 Å². The van der Waals surface area contributed by atoms with Crippen LogP contribution in [0, 0.1) is 11.3 Å². The van der Waals surface area contributed by atoms with Gasteiger partial charge in [-0.15, -0.1) is 0 Å². The summed E-state index contributed by atoms with van der Waals surface area (Å²) in [5, 5.41) is 10.9.